The number of benzene rings is 1. The molecule has 1 fully saturated rings. The van der Waals surface area contributed by atoms with Gasteiger partial charge in [-0.3, -0.25) is 9.59 Å². The van der Waals surface area contributed by atoms with E-state index >= 15 is 0 Å². The van der Waals surface area contributed by atoms with E-state index < -0.39 is 0 Å². The Morgan fingerprint density at radius 3 is 2.64 bits per heavy atom. The molecule has 0 radical (unpaired) electrons. The fraction of sp³-hybridized carbons (Fsp3) is 0.429. The van der Waals surface area contributed by atoms with Crippen molar-refractivity contribution in [2.24, 2.45) is 11.7 Å². The molecule has 1 saturated heterocycles. The summed E-state index contributed by atoms with van der Waals surface area (Å²) in [5.41, 5.74) is 5.96. The van der Waals surface area contributed by atoms with Crippen LogP contribution in [-0.2, 0) is 4.79 Å². The maximum atomic E-state index is 12.0. The van der Waals surface area contributed by atoms with Gasteiger partial charge in [0.15, 0.2) is 0 Å². The lowest BCUT2D eigenvalue weighted by molar-refractivity contribution is -0.129. The summed E-state index contributed by atoms with van der Waals surface area (Å²) in [4.78, 5) is 25.7. The zero-order chi connectivity index (χ0) is 15.4. The van der Waals surface area contributed by atoms with Gasteiger partial charge in [-0.25, -0.2) is 0 Å². The molecule has 1 unspecified atom stereocenters. The normalized spacial score (nSPS) is 17.0. The number of nitrogens with two attached hydrogens (primary N) is 1. The summed E-state index contributed by atoms with van der Waals surface area (Å²) in [6.07, 6.45) is 0.920. The van der Waals surface area contributed by atoms with Gasteiger partial charge in [0.2, 0.25) is 5.91 Å². The molecule has 2 amide bonds. The highest BCUT2D eigenvalue weighted by Gasteiger charge is 2.25. The van der Waals surface area contributed by atoms with E-state index in [4.69, 9.17) is 28.9 Å². The van der Waals surface area contributed by atoms with Gasteiger partial charge in [0.05, 0.1) is 16.6 Å². The van der Waals surface area contributed by atoms with Crippen molar-refractivity contribution in [3.05, 3.63) is 33.8 Å². The van der Waals surface area contributed by atoms with Crippen molar-refractivity contribution < 1.29 is 9.59 Å². The molecule has 22 heavy (non-hydrogen) atoms. The molecule has 0 aromatic heterocycles. The second kappa shape index (κ2) is 8.58. The van der Waals surface area contributed by atoms with Crippen LogP contribution in [-0.4, -0.2) is 42.9 Å². The number of nitrogens with zero attached hydrogens (tertiary/aromatic N) is 1. The number of hydrogen-bond acceptors (Lipinski definition) is 3. The second-order valence-corrected chi connectivity index (χ2v) is 5.86. The van der Waals surface area contributed by atoms with Crippen LogP contribution in [0.4, 0.5) is 0 Å². The van der Waals surface area contributed by atoms with Gasteiger partial charge in [0.1, 0.15) is 0 Å². The van der Waals surface area contributed by atoms with E-state index in [0.717, 1.165) is 6.42 Å². The summed E-state index contributed by atoms with van der Waals surface area (Å²) in [7, 11) is 0. The Morgan fingerprint density at radius 1 is 1.32 bits per heavy atom. The van der Waals surface area contributed by atoms with Crippen molar-refractivity contribution >= 4 is 47.4 Å². The van der Waals surface area contributed by atoms with E-state index in [1.165, 1.54) is 6.07 Å². The third-order valence-electron chi connectivity index (χ3n) is 3.55. The first-order valence-electron chi connectivity index (χ1n) is 6.72. The Labute approximate surface area is 145 Å². The van der Waals surface area contributed by atoms with E-state index in [2.05, 4.69) is 5.32 Å². The quantitative estimate of drug-likeness (QED) is 0.855. The maximum absolute atomic E-state index is 12.0. The molecular weight excluding hydrogens is 349 g/mol. The fourth-order valence-electron chi connectivity index (χ4n) is 2.26. The molecule has 3 N–H and O–H groups in total. The van der Waals surface area contributed by atoms with Gasteiger partial charge in [-0.15, -0.1) is 12.4 Å². The average molecular weight is 367 g/mol. The summed E-state index contributed by atoms with van der Waals surface area (Å²) in [6, 6.07) is 4.59. The molecule has 0 spiro atoms. The zero-order valence-corrected chi connectivity index (χ0v) is 14.2. The molecule has 0 saturated carbocycles. The smallest absolute Gasteiger partial charge is 0.251 e. The molecule has 0 aliphatic carbocycles. The highest BCUT2D eigenvalue weighted by atomic mass is 35.5. The van der Waals surface area contributed by atoms with E-state index in [9.17, 15) is 9.59 Å². The van der Waals surface area contributed by atoms with Crippen LogP contribution in [0.15, 0.2) is 18.2 Å². The molecule has 1 atom stereocenters. The largest absolute Gasteiger partial charge is 0.343 e. The van der Waals surface area contributed by atoms with Crippen LogP contribution in [0, 0.1) is 5.92 Å². The van der Waals surface area contributed by atoms with Gasteiger partial charge < -0.3 is 16.0 Å². The van der Waals surface area contributed by atoms with Crippen molar-refractivity contribution in [1.82, 2.24) is 10.2 Å². The van der Waals surface area contributed by atoms with Crippen LogP contribution in [0.5, 0.6) is 0 Å². The molecule has 1 aromatic rings. The lowest BCUT2D eigenvalue weighted by Gasteiger charge is -2.16. The van der Waals surface area contributed by atoms with Crippen molar-refractivity contribution in [1.29, 1.82) is 0 Å². The Kier molecular flexibility index (Phi) is 7.42. The summed E-state index contributed by atoms with van der Waals surface area (Å²) >= 11 is 11.6. The van der Waals surface area contributed by atoms with Gasteiger partial charge in [-0.05, 0) is 37.1 Å². The molecule has 1 heterocycles. The number of nitrogens with one attached hydrogen (secondary N) is 1. The molecule has 5 nitrogen and oxygen atoms in total. The number of carbonyl (C=O) groups excluding carboxylic acids is 2. The topological polar surface area (TPSA) is 75.4 Å². The monoisotopic (exact) mass is 365 g/mol. The van der Waals surface area contributed by atoms with Gasteiger partial charge >= 0.3 is 0 Å². The van der Waals surface area contributed by atoms with E-state index in [-0.39, 0.29) is 30.8 Å². The predicted molar refractivity (Wildman–Crippen MR) is 89.8 cm³/mol. The number of hydrogen-bond donors (Lipinski definition) is 2. The number of amides is 2. The summed E-state index contributed by atoms with van der Waals surface area (Å²) in [6.45, 7) is 1.91. The Balaban J connectivity index is 0.00000242. The van der Waals surface area contributed by atoms with Crippen LogP contribution in [0.3, 0.4) is 0 Å². The maximum Gasteiger partial charge on any atom is 0.251 e. The minimum absolute atomic E-state index is 0. The van der Waals surface area contributed by atoms with Crippen LogP contribution in [0.2, 0.25) is 10.0 Å². The highest BCUT2D eigenvalue weighted by molar-refractivity contribution is 6.42. The standard InChI is InChI=1S/C14H17Cl2N3O2.ClH/c15-11-2-1-10(5-12(11)16)14(21)18-7-13(20)19-4-3-9(6-17)8-19;/h1-2,5,9H,3-4,6-8,17H2,(H,18,21);1H. The van der Waals surface area contributed by atoms with E-state index in [1.807, 2.05) is 0 Å². The molecule has 1 aliphatic heterocycles. The highest BCUT2D eigenvalue weighted by Crippen LogP contribution is 2.22. The summed E-state index contributed by atoms with van der Waals surface area (Å²) in [5, 5.41) is 3.28. The average Bonchev–Trinajstić information content (AvgIpc) is 2.96. The number of halogens is 3. The molecule has 0 bridgehead atoms. The molecule has 122 valence electrons. The first-order valence-corrected chi connectivity index (χ1v) is 7.48. The summed E-state index contributed by atoms with van der Waals surface area (Å²) in [5.74, 6) is -0.0874. The SMILES string of the molecule is Cl.NCC1CCN(C(=O)CNC(=O)c2ccc(Cl)c(Cl)c2)C1. The molecule has 1 aromatic carbocycles. The Hall–Kier alpha value is -1.01. The van der Waals surface area contributed by atoms with Crippen molar-refractivity contribution in [2.75, 3.05) is 26.2 Å². The first kappa shape index (κ1) is 19.0. The second-order valence-electron chi connectivity index (χ2n) is 5.04. The van der Waals surface area contributed by atoms with Gasteiger partial charge in [0, 0.05) is 18.7 Å². The lowest BCUT2D eigenvalue weighted by Crippen LogP contribution is -2.39. The molecule has 8 heteroatoms. The van der Waals surface area contributed by atoms with Crippen LogP contribution in [0.1, 0.15) is 16.8 Å². The predicted octanol–water partition coefficient (Wildman–Crippen LogP) is 1.95. The summed E-state index contributed by atoms with van der Waals surface area (Å²) < 4.78 is 0. The Morgan fingerprint density at radius 2 is 2.05 bits per heavy atom. The van der Waals surface area contributed by atoms with E-state index in [0.29, 0.717) is 41.2 Å². The van der Waals surface area contributed by atoms with E-state index in [1.54, 1.807) is 17.0 Å². The minimum atomic E-state index is -0.350. The van der Waals surface area contributed by atoms with Gasteiger partial charge in [-0.2, -0.15) is 0 Å². The number of carbonyl (C=O) groups is 2. The third-order valence-corrected chi connectivity index (χ3v) is 4.29. The van der Waals surface area contributed by atoms with Crippen LogP contribution < -0.4 is 11.1 Å². The minimum Gasteiger partial charge on any atom is -0.343 e. The van der Waals surface area contributed by atoms with Crippen molar-refractivity contribution in [3.63, 3.8) is 0 Å². The zero-order valence-electron chi connectivity index (χ0n) is 11.9. The Bertz CT molecular complexity index is 554. The third kappa shape index (κ3) is 4.74. The fourth-order valence-corrected chi connectivity index (χ4v) is 2.56. The van der Waals surface area contributed by atoms with Crippen molar-refractivity contribution in [2.45, 2.75) is 6.42 Å². The number of likely N-dealkylation sites (tertiary alicyclic amines) is 1. The first-order chi connectivity index (χ1) is 10.0. The van der Waals surface area contributed by atoms with Gasteiger partial charge in [-0.1, -0.05) is 23.2 Å². The lowest BCUT2D eigenvalue weighted by atomic mass is 10.1. The van der Waals surface area contributed by atoms with Crippen LogP contribution >= 0.6 is 35.6 Å². The molecule has 2 rings (SSSR count). The van der Waals surface area contributed by atoms with Crippen molar-refractivity contribution in [3.8, 4) is 0 Å². The number of rotatable bonds is 4. The van der Waals surface area contributed by atoms with Crippen LogP contribution in [0.25, 0.3) is 0 Å². The molecular formula is C14H18Cl3N3O2. The van der Waals surface area contributed by atoms with Gasteiger partial charge in [0.25, 0.3) is 5.91 Å². The molecule has 1 aliphatic rings.